The fraction of sp³-hybridized carbons (Fsp3) is 0.864. The molecular formula is C22H44N2O8. The van der Waals surface area contributed by atoms with Crippen LogP contribution in [0, 0.1) is 0 Å². The first-order chi connectivity index (χ1) is 15.3. The van der Waals surface area contributed by atoms with Crippen molar-refractivity contribution in [3.63, 3.8) is 0 Å². The molecule has 0 aliphatic heterocycles. The Morgan fingerprint density at radius 1 is 0.750 bits per heavy atom. The van der Waals surface area contributed by atoms with E-state index in [0.29, 0.717) is 26.1 Å². The standard InChI is InChI=1S/C16H29NO5.C6H15NO3/c1-2-3-4-5-6-7-8-9-10-14(18)17-13(16(21)22)11-12-15(19)20;8-4-1-7(2-5-9)3-6-10/h13H,2-12H2,1H3,(H,17,18)(H,19,20)(H,21,22);8-10H,1-6H2/t13-;/m0./s1. The Morgan fingerprint density at radius 2 is 1.22 bits per heavy atom. The summed E-state index contributed by atoms with van der Waals surface area (Å²) in [4.78, 5) is 34.8. The van der Waals surface area contributed by atoms with Gasteiger partial charge in [0.25, 0.3) is 0 Å². The Labute approximate surface area is 191 Å². The predicted octanol–water partition coefficient (Wildman–Crippen LogP) is 1.22. The summed E-state index contributed by atoms with van der Waals surface area (Å²) in [6.07, 6.45) is 8.92. The van der Waals surface area contributed by atoms with Gasteiger partial charge in [-0.25, -0.2) is 4.79 Å². The monoisotopic (exact) mass is 464 g/mol. The molecule has 0 aromatic heterocycles. The average molecular weight is 465 g/mol. The van der Waals surface area contributed by atoms with Gasteiger partial charge < -0.3 is 30.8 Å². The van der Waals surface area contributed by atoms with Crippen molar-refractivity contribution >= 4 is 17.8 Å². The largest absolute Gasteiger partial charge is 0.481 e. The molecule has 0 saturated carbocycles. The fourth-order valence-electron chi connectivity index (χ4n) is 2.97. The topological polar surface area (TPSA) is 168 Å². The van der Waals surface area contributed by atoms with E-state index in [9.17, 15) is 14.4 Å². The Morgan fingerprint density at radius 3 is 1.62 bits per heavy atom. The smallest absolute Gasteiger partial charge is 0.326 e. The third-order valence-corrected chi connectivity index (χ3v) is 4.79. The Kier molecular flexibility index (Phi) is 24.2. The quantitative estimate of drug-likeness (QED) is 0.145. The maximum absolute atomic E-state index is 11.7. The van der Waals surface area contributed by atoms with Crippen molar-refractivity contribution in [2.45, 2.75) is 83.6 Å². The first-order valence-electron chi connectivity index (χ1n) is 11.6. The summed E-state index contributed by atoms with van der Waals surface area (Å²) < 4.78 is 0. The molecule has 32 heavy (non-hydrogen) atoms. The molecule has 1 amide bonds. The molecule has 0 rings (SSSR count). The van der Waals surface area contributed by atoms with Gasteiger partial charge in [0, 0.05) is 32.5 Å². The highest BCUT2D eigenvalue weighted by Crippen LogP contribution is 2.09. The van der Waals surface area contributed by atoms with Crippen LogP contribution in [0.2, 0.25) is 0 Å². The molecule has 1 atom stereocenters. The highest BCUT2D eigenvalue weighted by atomic mass is 16.4. The van der Waals surface area contributed by atoms with E-state index >= 15 is 0 Å². The molecule has 190 valence electrons. The van der Waals surface area contributed by atoms with Crippen LogP contribution in [0.5, 0.6) is 0 Å². The van der Waals surface area contributed by atoms with Crippen LogP contribution in [-0.2, 0) is 14.4 Å². The highest BCUT2D eigenvalue weighted by Gasteiger charge is 2.20. The molecule has 0 aliphatic rings. The van der Waals surface area contributed by atoms with Gasteiger partial charge in [0.15, 0.2) is 0 Å². The van der Waals surface area contributed by atoms with E-state index in [-0.39, 0.29) is 38.6 Å². The molecule has 0 saturated heterocycles. The maximum Gasteiger partial charge on any atom is 0.326 e. The SMILES string of the molecule is CCCCCCCCCCC(=O)N[C@@H](CCC(=O)O)C(=O)O.OCCN(CCO)CCO. The van der Waals surface area contributed by atoms with Gasteiger partial charge in [0.2, 0.25) is 5.91 Å². The highest BCUT2D eigenvalue weighted by molar-refractivity contribution is 5.83. The van der Waals surface area contributed by atoms with Crippen molar-refractivity contribution in [1.82, 2.24) is 10.2 Å². The summed E-state index contributed by atoms with van der Waals surface area (Å²) in [6, 6.07) is -1.11. The number of aliphatic hydroxyl groups excluding tert-OH is 3. The molecule has 0 aliphatic carbocycles. The van der Waals surface area contributed by atoms with Crippen LogP contribution < -0.4 is 5.32 Å². The molecule has 0 bridgehead atoms. The number of nitrogens with one attached hydrogen (secondary N) is 1. The van der Waals surface area contributed by atoms with E-state index in [4.69, 9.17) is 25.5 Å². The summed E-state index contributed by atoms with van der Waals surface area (Å²) in [7, 11) is 0. The number of amides is 1. The summed E-state index contributed by atoms with van der Waals surface area (Å²) in [5.41, 5.74) is 0. The minimum Gasteiger partial charge on any atom is -0.481 e. The number of carbonyl (C=O) groups is 3. The van der Waals surface area contributed by atoms with Crippen LogP contribution >= 0.6 is 0 Å². The molecule has 0 spiro atoms. The molecular weight excluding hydrogens is 420 g/mol. The average Bonchev–Trinajstić information content (AvgIpc) is 2.73. The van der Waals surface area contributed by atoms with E-state index in [1.54, 1.807) is 4.90 Å². The molecule has 10 nitrogen and oxygen atoms in total. The van der Waals surface area contributed by atoms with Gasteiger partial charge in [-0.1, -0.05) is 51.9 Å². The number of nitrogens with zero attached hydrogens (tertiary/aromatic N) is 1. The minimum absolute atomic E-state index is 0.0694. The lowest BCUT2D eigenvalue weighted by molar-refractivity contribution is -0.143. The van der Waals surface area contributed by atoms with Gasteiger partial charge in [0.05, 0.1) is 19.8 Å². The van der Waals surface area contributed by atoms with Gasteiger partial charge in [-0.05, 0) is 12.8 Å². The van der Waals surface area contributed by atoms with E-state index in [2.05, 4.69) is 12.2 Å². The zero-order chi connectivity index (χ0) is 24.6. The van der Waals surface area contributed by atoms with Crippen molar-refractivity contribution < 1.29 is 39.9 Å². The number of hydrogen-bond donors (Lipinski definition) is 6. The lowest BCUT2D eigenvalue weighted by atomic mass is 10.1. The Hall–Kier alpha value is -1.75. The molecule has 0 unspecified atom stereocenters. The van der Waals surface area contributed by atoms with Crippen molar-refractivity contribution in [3.8, 4) is 0 Å². The van der Waals surface area contributed by atoms with Crippen LogP contribution in [0.25, 0.3) is 0 Å². The fourth-order valence-corrected chi connectivity index (χ4v) is 2.97. The summed E-state index contributed by atoms with van der Waals surface area (Å²) in [5, 5.41) is 45.3. The van der Waals surface area contributed by atoms with Crippen LogP contribution in [0.3, 0.4) is 0 Å². The minimum atomic E-state index is -1.19. The number of carboxylic acid groups (broad SMARTS) is 2. The Balaban J connectivity index is 0. The Bertz CT molecular complexity index is 463. The molecule has 10 heteroatoms. The number of unbranched alkanes of at least 4 members (excludes halogenated alkanes) is 7. The first kappa shape index (κ1) is 32.4. The molecule has 0 aromatic carbocycles. The molecule has 0 aromatic rings. The lowest BCUT2D eigenvalue weighted by Crippen LogP contribution is -2.41. The van der Waals surface area contributed by atoms with Gasteiger partial charge in [-0.15, -0.1) is 0 Å². The zero-order valence-electron chi connectivity index (χ0n) is 19.5. The van der Waals surface area contributed by atoms with Gasteiger partial charge >= 0.3 is 11.9 Å². The number of carbonyl (C=O) groups excluding carboxylic acids is 1. The van der Waals surface area contributed by atoms with Crippen LogP contribution in [0.4, 0.5) is 0 Å². The lowest BCUT2D eigenvalue weighted by Gasteiger charge is -2.17. The van der Waals surface area contributed by atoms with E-state index in [0.717, 1.165) is 19.3 Å². The maximum atomic E-state index is 11.7. The predicted molar refractivity (Wildman–Crippen MR) is 121 cm³/mol. The third kappa shape index (κ3) is 22.9. The molecule has 6 N–H and O–H groups in total. The summed E-state index contributed by atoms with van der Waals surface area (Å²) >= 11 is 0. The van der Waals surface area contributed by atoms with Crippen molar-refractivity contribution in [2.75, 3.05) is 39.5 Å². The molecule has 0 heterocycles. The summed E-state index contributed by atoms with van der Waals surface area (Å²) in [6.45, 7) is 3.93. The van der Waals surface area contributed by atoms with E-state index in [1.807, 2.05) is 0 Å². The van der Waals surface area contributed by atoms with Crippen molar-refractivity contribution in [2.24, 2.45) is 0 Å². The van der Waals surface area contributed by atoms with Gasteiger partial charge in [-0.3, -0.25) is 14.5 Å². The van der Waals surface area contributed by atoms with E-state index < -0.39 is 18.0 Å². The normalized spacial score (nSPS) is 11.5. The summed E-state index contributed by atoms with van der Waals surface area (Å²) in [5.74, 6) is -2.57. The zero-order valence-corrected chi connectivity index (χ0v) is 19.5. The number of carboxylic acids is 2. The van der Waals surface area contributed by atoms with E-state index in [1.165, 1.54) is 32.1 Å². The van der Waals surface area contributed by atoms with Crippen molar-refractivity contribution in [1.29, 1.82) is 0 Å². The second-order valence-electron chi connectivity index (χ2n) is 7.63. The second-order valence-corrected chi connectivity index (χ2v) is 7.63. The number of aliphatic hydroxyl groups is 3. The molecule has 0 fully saturated rings. The first-order valence-corrected chi connectivity index (χ1v) is 11.6. The van der Waals surface area contributed by atoms with Gasteiger partial charge in [0.1, 0.15) is 6.04 Å². The number of hydrogen-bond acceptors (Lipinski definition) is 7. The van der Waals surface area contributed by atoms with Crippen LogP contribution in [0.1, 0.15) is 77.6 Å². The number of aliphatic carboxylic acids is 2. The second kappa shape index (κ2) is 23.9. The number of rotatable bonds is 20. The molecule has 0 radical (unpaired) electrons. The van der Waals surface area contributed by atoms with Crippen molar-refractivity contribution in [3.05, 3.63) is 0 Å². The third-order valence-electron chi connectivity index (χ3n) is 4.79. The van der Waals surface area contributed by atoms with Crippen LogP contribution in [-0.4, -0.2) is 93.8 Å². The van der Waals surface area contributed by atoms with Gasteiger partial charge in [-0.2, -0.15) is 0 Å². The van der Waals surface area contributed by atoms with Crippen LogP contribution in [0.15, 0.2) is 0 Å².